The number of aryl methyl sites for hydroxylation is 1. The zero-order valence-corrected chi connectivity index (χ0v) is 16.0. The van der Waals surface area contributed by atoms with E-state index < -0.39 is 5.97 Å². The van der Waals surface area contributed by atoms with Gasteiger partial charge in [0.25, 0.3) is 0 Å². The van der Waals surface area contributed by atoms with Gasteiger partial charge in [0.2, 0.25) is 5.69 Å². The lowest BCUT2D eigenvalue weighted by Gasteiger charge is -2.02. The Morgan fingerprint density at radius 1 is 0.920 bits per heavy atom. The molecule has 0 radical (unpaired) electrons. The van der Waals surface area contributed by atoms with Crippen LogP contribution in [0.3, 0.4) is 0 Å². The number of ether oxygens (including phenoxy) is 1. The zero-order valence-electron chi connectivity index (χ0n) is 16.0. The van der Waals surface area contributed by atoms with E-state index in [1.54, 1.807) is 6.92 Å². The van der Waals surface area contributed by atoms with Gasteiger partial charge in [-0.15, -0.1) is 0 Å². The van der Waals surface area contributed by atoms with Crippen molar-refractivity contribution in [1.29, 1.82) is 0 Å². The molecule has 25 heavy (non-hydrogen) atoms. The molecule has 0 aliphatic heterocycles. The number of aromatic nitrogens is 1. The Labute approximate surface area is 152 Å². The van der Waals surface area contributed by atoms with Gasteiger partial charge in [0.05, 0.1) is 6.61 Å². The van der Waals surface area contributed by atoms with Gasteiger partial charge < -0.3 is 14.4 Å². The van der Waals surface area contributed by atoms with Crippen LogP contribution in [-0.2, 0) is 11.2 Å². The van der Waals surface area contributed by atoms with Gasteiger partial charge in [-0.05, 0) is 13.3 Å². The van der Waals surface area contributed by atoms with Crippen LogP contribution in [0.25, 0.3) is 0 Å². The number of carbonyl (C=O) groups is 1. The number of unbranched alkanes of at least 4 members (excludes halogenated alkanes) is 11. The standard InChI is InChI=1S/C20H35NO4/c1-3-5-6-7-8-9-10-11-12-13-14-15-16-17-19(22)18(21-25-17)20(23)24-4-2/h22H,3-16H2,1-2H3. The summed E-state index contributed by atoms with van der Waals surface area (Å²) in [5.74, 6) is -0.415. The van der Waals surface area contributed by atoms with Crippen LogP contribution in [-0.4, -0.2) is 22.8 Å². The van der Waals surface area contributed by atoms with Gasteiger partial charge in [-0.1, -0.05) is 82.7 Å². The molecule has 0 fully saturated rings. The fourth-order valence-corrected chi connectivity index (χ4v) is 2.94. The van der Waals surface area contributed by atoms with E-state index in [4.69, 9.17) is 9.26 Å². The van der Waals surface area contributed by atoms with Crippen LogP contribution < -0.4 is 0 Å². The van der Waals surface area contributed by atoms with E-state index in [1.807, 2.05) is 0 Å². The van der Waals surface area contributed by atoms with E-state index in [1.165, 1.54) is 64.2 Å². The highest BCUT2D eigenvalue weighted by Gasteiger charge is 2.22. The van der Waals surface area contributed by atoms with Crippen LogP contribution in [0.2, 0.25) is 0 Å². The monoisotopic (exact) mass is 353 g/mol. The van der Waals surface area contributed by atoms with E-state index in [-0.39, 0.29) is 18.1 Å². The van der Waals surface area contributed by atoms with Crippen LogP contribution in [0.4, 0.5) is 0 Å². The number of aromatic hydroxyl groups is 1. The molecule has 5 heteroatoms. The minimum atomic E-state index is -0.635. The summed E-state index contributed by atoms with van der Waals surface area (Å²) in [4.78, 5) is 11.5. The first-order valence-corrected chi connectivity index (χ1v) is 10.0. The number of carbonyl (C=O) groups excluding carboxylic acids is 1. The Balaban J connectivity index is 2.02. The van der Waals surface area contributed by atoms with E-state index in [0.29, 0.717) is 12.2 Å². The van der Waals surface area contributed by atoms with E-state index >= 15 is 0 Å². The maximum Gasteiger partial charge on any atom is 0.364 e. The van der Waals surface area contributed by atoms with Crippen LogP contribution in [0, 0.1) is 0 Å². The van der Waals surface area contributed by atoms with Gasteiger partial charge in [-0.2, -0.15) is 0 Å². The largest absolute Gasteiger partial charge is 0.503 e. The van der Waals surface area contributed by atoms with Crippen molar-refractivity contribution < 1.29 is 19.2 Å². The average molecular weight is 354 g/mol. The topological polar surface area (TPSA) is 72.6 Å². The van der Waals surface area contributed by atoms with Gasteiger partial charge in [0.15, 0.2) is 11.5 Å². The third kappa shape index (κ3) is 8.94. The number of rotatable bonds is 15. The van der Waals surface area contributed by atoms with Crippen molar-refractivity contribution in [2.45, 2.75) is 97.3 Å². The maximum absolute atomic E-state index is 11.5. The van der Waals surface area contributed by atoms with Gasteiger partial charge >= 0.3 is 5.97 Å². The molecule has 0 atom stereocenters. The van der Waals surface area contributed by atoms with Crippen molar-refractivity contribution in [3.63, 3.8) is 0 Å². The Morgan fingerprint density at radius 2 is 1.44 bits per heavy atom. The molecule has 5 nitrogen and oxygen atoms in total. The minimum Gasteiger partial charge on any atom is -0.503 e. The molecule has 0 amide bonds. The number of hydrogen-bond donors (Lipinski definition) is 1. The van der Waals surface area contributed by atoms with Crippen molar-refractivity contribution in [3.05, 3.63) is 11.5 Å². The Kier molecular flexibility index (Phi) is 11.8. The molecule has 1 heterocycles. The lowest BCUT2D eigenvalue weighted by atomic mass is 10.0. The quantitative estimate of drug-likeness (QED) is 0.318. The van der Waals surface area contributed by atoms with Crippen molar-refractivity contribution >= 4 is 5.97 Å². The molecule has 0 unspecified atom stereocenters. The fourth-order valence-electron chi connectivity index (χ4n) is 2.94. The minimum absolute atomic E-state index is 0.115. The van der Waals surface area contributed by atoms with Gasteiger partial charge in [0.1, 0.15) is 0 Å². The predicted molar refractivity (Wildman–Crippen MR) is 98.9 cm³/mol. The second kappa shape index (κ2) is 13.7. The molecule has 1 aromatic rings. The molecular weight excluding hydrogens is 318 g/mol. The molecule has 0 spiro atoms. The summed E-state index contributed by atoms with van der Waals surface area (Å²) >= 11 is 0. The fraction of sp³-hybridized carbons (Fsp3) is 0.800. The molecule has 0 saturated heterocycles. The summed E-state index contributed by atoms with van der Waals surface area (Å²) in [6.45, 7) is 4.21. The zero-order chi connectivity index (χ0) is 18.3. The second-order valence-electron chi connectivity index (χ2n) is 6.66. The van der Waals surface area contributed by atoms with Crippen LogP contribution in [0.15, 0.2) is 4.52 Å². The Morgan fingerprint density at radius 3 is 1.96 bits per heavy atom. The smallest absolute Gasteiger partial charge is 0.364 e. The SMILES string of the molecule is CCCCCCCCCCCCCCc1onc(C(=O)OCC)c1O. The van der Waals surface area contributed by atoms with E-state index in [9.17, 15) is 9.90 Å². The molecule has 144 valence electrons. The highest BCUT2D eigenvalue weighted by molar-refractivity contribution is 5.90. The number of esters is 1. The van der Waals surface area contributed by atoms with Crippen molar-refractivity contribution in [3.8, 4) is 5.75 Å². The normalized spacial score (nSPS) is 11.0. The molecular formula is C20H35NO4. The average Bonchev–Trinajstić information content (AvgIpc) is 2.97. The first-order chi connectivity index (χ1) is 12.2. The molecule has 0 saturated carbocycles. The molecule has 1 aromatic heterocycles. The van der Waals surface area contributed by atoms with Crippen molar-refractivity contribution in [2.24, 2.45) is 0 Å². The van der Waals surface area contributed by atoms with Gasteiger partial charge in [-0.3, -0.25) is 0 Å². The van der Waals surface area contributed by atoms with Crippen molar-refractivity contribution in [2.75, 3.05) is 6.61 Å². The lowest BCUT2D eigenvalue weighted by molar-refractivity contribution is 0.0511. The summed E-state index contributed by atoms with van der Waals surface area (Å²) < 4.78 is 9.88. The molecule has 0 aliphatic carbocycles. The molecule has 1 rings (SSSR count). The molecule has 0 bridgehead atoms. The lowest BCUT2D eigenvalue weighted by Crippen LogP contribution is -2.05. The molecule has 0 aliphatic rings. The predicted octanol–water partition coefficient (Wildman–Crippen LogP) is 5.80. The Hall–Kier alpha value is -1.52. The summed E-state index contributed by atoms with van der Waals surface area (Å²) in [5.41, 5.74) is -0.115. The Bertz CT molecular complexity index is 470. The molecule has 1 N–H and O–H groups in total. The van der Waals surface area contributed by atoms with Crippen LogP contribution in [0.5, 0.6) is 5.75 Å². The highest BCUT2D eigenvalue weighted by atomic mass is 16.5. The maximum atomic E-state index is 11.5. The van der Waals surface area contributed by atoms with Crippen LogP contribution >= 0.6 is 0 Å². The van der Waals surface area contributed by atoms with Crippen molar-refractivity contribution in [1.82, 2.24) is 5.16 Å². The summed E-state index contributed by atoms with van der Waals surface area (Å²) in [7, 11) is 0. The van der Waals surface area contributed by atoms with Crippen LogP contribution in [0.1, 0.15) is 107 Å². The highest BCUT2D eigenvalue weighted by Crippen LogP contribution is 2.24. The third-order valence-electron chi connectivity index (χ3n) is 4.46. The third-order valence-corrected chi connectivity index (χ3v) is 4.46. The number of nitrogens with zero attached hydrogens (tertiary/aromatic N) is 1. The van der Waals surface area contributed by atoms with Gasteiger partial charge in [-0.25, -0.2) is 4.79 Å². The number of hydrogen-bond acceptors (Lipinski definition) is 5. The summed E-state index contributed by atoms with van der Waals surface area (Å²) in [6, 6.07) is 0. The first-order valence-electron chi connectivity index (χ1n) is 10.0. The summed E-state index contributed by atoms with van der Waals surface area (Å²) in [6.07, 6.45) is 16.0. The van der Waals surface area contributed by atoms with E-state index in [2.05, 4.69) is 12.1 Å². The molecule has 0 aromatic carbocycles. The summed E-state index contributed by atoms with van der Waals surface area (Å²) in [5, 5.41) is 13.6. The second-order valence-corrected chi connectivity index (χ2v) is 6.66. The van der Waals surface area contributed by atoms with Gasteiger partial charge in [0, 0.05) is 6.42 Å². The first kappa shape index (κ1) is 21.5. The van der Waals surface area contributed by atoms with E-state index in [0.717, 1.165) is 12.8 Å².